The van der Waals surface area contributed by atoms with E-state index in [9.17, 15) is 4.79 Å². The van der Waals surface area contributed by atoms with E-state index in [-0.39, 0.29) is 17.2 Å². The summed E-state index contributed by atoms with van der Waals surface area (Å²) in [5, 5.41) is 5.36. The van der Waals surface area contributed by atoms with Crippen LogP contribution in [0.1, 0.15) is 27.8 Å². The van der Waals surface area contributed by atoms with Crippen molar-refractivity contribution in [1.29, 1.82) is 0 Å². The Morgan fingerprint density at radius 3 is 2.48 bits per heavy atom. The van der Waals surface area contributed by atoms with Crippen molar-refractivity contribution in [1.82, 2.24) is 24.6 Å². The first-order valence-corrected chi connectivity index (χ1v) is 11.8. The number of rotatable bonds is 5. The highest BCUT2D eigenvalue weighted by Gasteiger charge is 2.44. The quantitative estimate of drug-likeness (QED) is 0.583. The monoisotopic (exact) mass is 453 g/mol. The highest BCUT2D eigenvalue weighted by Crippen LogP contribution is 2.42. The van der Waals surface area contributed by atoms with Gasteiger partial charge < -0.3 is 0 Å². The van der Waals surface area contributed by atoms with Crippen LogP contribution in [0.3, 0.4) is 0 Å². The van der Waals surface area contributed by atoms with Crippen molar-refractivity contribution < 1.29 is 4.79 Å². The van der Waals surface area contributed by atoms with Crippen molar-refractivity contribution >= 4 is 29.3 Å². The first-order valence-electron chi connectivity index (χ1n) is 10.5. The zero-order valence-electron chi connectivity index (χ0n) is 17.3. The van der Waals surface area contributed by atoms with Crippen LogP contribution in [0.4, 0.5) is 0 Å². The smallest absolute Gasteiger partial charge is 0.264 e. The molecule has 0 radical (unpaired) electrons. The summed E-state index contributed by atoms with van der Waals surface area (Å²) < 4.78 is 1.46. The van der Waals surface area contributed by atoms with E-state index in [4.69, 9.17) is 11.6 Å². The van der Waals surface area contributed by atoms with Crippen LogP contribution in [0.15, 0.2) is 59.8 Å². The Balaban J connectivity index is 1.37. The molecule has 31 heavy (non-hydrogen) atoms. The van der Waals surface area contributed by atoms with Crippen molar-refractivity contribution in [3.63, 3.8) is 0 Å². The van der Waals surface area contributed by atoms with Gasteiger partial charge in [0.25, 0.3) is 5.91 Å². The molecule has 2 unspecified atom stereocenters. The Kier molecular flexibility index (Phi) is 5.84. The van der Waals surface area contributed by atoms with E-state index >= 15 is 0 Å². The molecule has 6 nitrogen and oxygen atoms in total. The minimum atomic E-state index is -0.309. The lowest BCUT2D eigenvalue weighted by atomic mass is 9.99. The van der Waals surface area contributed by atoms with Crippen molar-refractivity contribution in [3.8, 4) is 0 Å². The molecule has 2 aromatic carbocycles. The Hall–Kier alpha value is -2.19. The summed E-state index contributed by atoms with van der Waals surface area (Å²) in [6, 6.07) is 18.3. The SMILES string of the molecule is Cc1nc2n(n1)C(=O)C(C(c1ccccc1Cl)N1CCN(Cc3ccccc3)CC1)S2. The molecule has 0 aliphatic carbocycles. The summed E-state index contributed by atoms with van der Waals surface area (Å²) in [6.45, 7) is 6.41. The van der Waals surface area contributed by atoms with Crippen LogP contribution in [0.2, 0.25) is 5.02 Å². The van der Waals surface area contributed by atoms with Crippen molar-refractivity contribution in [2.24, 2.45) is 0 Å². The maximum atomic E-state index is 13.2. The fourth-order valence-electron chi connectivity index (χ4n) is 4.41. The number of carbonyl (C=O) groups is 1. The van der Waals surface area contributed by atoms with Crippen LogP contribution in [0.25, 0.3) is 0 Å². The predicted molar refractivity (Wildman–Crippen MR) is 123 cm³/mol. The second-order valence-corrected chi connectivity index (χ2v) is 9.51. The maximum absolute atomic E-state index is 13.2. The molecule has 0 saturated carbocycles. The third kappa shape index (κ3) is 4.15. The minimum absolute atomic E-state index is 0.0164. The lowest BCUT2D eigenvalue weighted by Gasteiger charge is -2.41. The van der Waals surface area contributed by atoms with Gasteiger partial charge in [-0.05, 0) is 24.1 Å². The molecule has 2 aliphatic rings. The topological polar surface area (TPSA) is 54.3 Å². The number of aromatic nitrogens is 3. The average Bonchev–Trinajstić information content (AvgIpc) is 3.29. The van der Waals surface area contributed by atoms with Gasteiger partial charge in [-0.2, -0.15) is 4.68 Å². The van der Waals surface area contributed by atoms with Crippen LogP contribution in [0, 0.1) is 6.92 Å². The van der Waals surface area contributed by atoms with Crippen molar-refractivity contribution in [2.45, 2.75) is 29.9 Å². The number of nitrogens with zero attached hydrogens (tertiary/aromatic N) is 5. The Morgan fingerprint density at radius 1 is 1.06 bits per heavy atom. The summed E-state index contributed by atoms with van der Waals surface area (Å²) in [6.07, 6.45) is 0. The highest BCUT2D eigenvalue weighted by molar-refractivity contribution is 8.00. The molecule has 8 heteroatoms. The number of hydrogen-bond acceptors (Lipinski definition) is 6. The van der Waals surface area contributed by atoms with Gasteiger partial charge in [-0.1, -0.05) is 71.9 Å². The van der Waals surface area contributed by atoms with E-state index in [0.29, 0.717) is 16.0 Å². The third-order valence-corrected chi connectivity index (χ3v) is 7.46. The number of aryl methyl sites for hydroxylation is 1. The molecule has 5 rings (SSSR count). The summed E-state index contributed by atoms with van der Waals surface area (Å²) in [5.41, 5.74) is 2.32. The summed E-state index contributed by atoms with van der Waals surface area (Å²) in [5.74, 6) is 0.607. The second kappa shape index (κ2) is 8.74. The van der Waals surface area contributed by atoms with Crippen LogP contribution in [-0.2, 0) is 6.54 Å². The van der Waals surface area contributed by atoms with Crippen molar-refractivity contribution in [3.05, 3.63) is 76.6 Å². The van der Waals surface area contributed by atoms with E-state index in [1.54, 1.807) is 0 Å². The zero-order valence-corrected chi connectivity index (χ0v) is 18.9. The highest BCUT2D eigenvalue weighted by atomic mass is 35.5. The molecule has 0 bridgehead atoms. The van der Waals surface area contributed by atoms with Crippen LogP contribution >= 0.6 is 23.4 Å². The molecule has 3 heterocycles. The molecule has 0 spiro atoms. The summed E-state index contributed by atoms with van der Waals surface area (Å²) in [4.78, 5) is 22.5. The third-order valence-electron chi connectivity index (χ3n) is 5.93. The molecule has 2 aliphatic heterocycles. The zero-order chi connectivity index (χ0) is 21.4. The number of thioether (sulfide) groups is 1. The number of benzene rings is 2. The van der Waals surface area contributed by atoms with Crippen LogP contribution < -0.4 is 0 Å². The Morgan fingerprint density at radius 2 is 1.77 bits per heavy atom. The molecular formula is C23H24ClN5OS. The van der Waals surface area contributed by atoms with Gasteiger partial charge in [-0.15, -0.1) is 5.10 Å². The van der Waals surface area contributed by atoms with E-state index in [1.807, 2.05) is 37.3 Å². The molecule has 2 atom stereocenters. The van der Waals surface area contributed by atoms with E-state index in [0.717, 1.165) is 38.3 Å². The number of halogens is 1. The van der Waals surface area contributed by atoms with Crippen LogP contribution in [-0.4, -0.2) is 61.9 Å². The summed E-state index contributed by atoms with van der Waals surface area (Å²) >= 11 is 8.11. The fourth-order valence-corrected chi connectivity index (χ4v) is 5.95. The Bertz CT molecular complexity index is 1080. The first-order chi connectivity index (χ1) is 15.1. The molecule has 0 amide bonds. The number of piperazine rings is 1. The van der Waals surface area contributed by atoms with Gasteiger partial charge in [0, 0.05) is 37.7 Å². The van der Waals surface area contributed by atoms with Gasteiger partial charge in [0.05, 0.1) is 6.04 Å². The second-order valence-electron chi connectivity index (χ2n) is 7.99. The summed E-state index contributed by atoms with van der Waals surface area (Å²) in [7, 11) is 0. The minimum Gasteiger partial charge on any atom is -0.297 e. The number of fused-ring (bicyclic) bond motifs is 1. The molecule has 1 aromatic heterocycles. The average molecular weight is 454 g/mol. The molecule has 0 N–H and O–H groups in total. The lowest BCUT2D eigenvalue weighted by Crippen LogP contribution is -2.50. The van der Waals surface area contributed by atoms with E-state index in [1.165, 1.54) is 22.0 Å². The van der Waals surface area contributed by atoms with Gasteiger partial charge in [-0.3, -0.25) is 14.6 Å². The number of carbonyl (C=O) groups excluding carboxylic acids is 1. The van der Waals surface area contributed by atoms with Gasteiger partial charge in [-0.25, -0.2) is 4.98 Å². The molecule has 3 aromatic rings. The van der Waals surface area contributed by atoms with E-state index in [2.05, 4.69) is 44.1 Å². The lowest BCUT2D eigenvalue weighted by molar-refractivity contribution is 0.0715. The van der Waals surface area contributed by atoms with Crippen LogP contribution in [0.5, 0.6) is 0 Å². The Labute approximate surface area is 191 Å². The van der Waals surface area contributed by atoms with Gasteiger partial charge in [0.15, 0.2) is 5.16 Å². The maximum Gasteiger partial charge on any atom is 0.264 e. The molecule has 1 fully saturated rings. The van der Waals surface area contributed by atoms with Gasteiger partial charge >= 0.3 is 0 Å². The van der Waals surface area contributed by atoms with Gasteiger partial charge in [0.1, 0.15) is 11.1 Å². The number of hydrogen-bond donors (Lipinski definition) is 0. The van der Waals surface area contributed by atoms with E-state index < -0.39 is 0 Å². The standard InChI is InChI=1S/C23H24ClN5OS/c1-16-25-23-29(26-16)22(30)21(31-23)20(18-9-5-6-10-19(18)24)28-13-11-27(12-14-28)15-17-7-3-2-4-8-17/h2-10,20-21H,11-15H2,1H3. The molecule has 160 valence electrons. The normalized spacial score (nSPS) is 20.7. The largest absolute Gasteiger partial charge is 0.297 e. The molecular weight excluding hydrogens is 430 g/mol. The predicted octanol–water partition coefficient (Wildman–Crippen LogP) is 3.91. The van der Waals surface area contributed by atoms with Crippen molar-refractivity contribution in [2.75, 3.05) is 26.2 Å². The van der Waals surface area contributed by atoms with Gasteiger partial charge in [0.2, 0.25) is 0 Å². The molecule has 1 saturated heterocycles. The fraction of sp³-hybridized carbons (Fsp3) is 0.348. The first kappa shape index (κ1) is 20.7.